The van der Waals surface area contributed by atoms with E-state index in [4.69, 9.17) is 5.73 Å². The van der Waals surface area contributed by atoms with E-state index in [1.54, 1.807) is 0 Å². The molecule has 7 nitrogen and oxygen atoms in total. The van der Waals surface area contributed by atoms with Crippen molar-refractivity contribution in [3.8, 4) is 0 Å². The van der Waals surface area contributed by atoms with Gasteiger partial charge in [-0.2, -0.15) is 0 Å². The molecule has 0 heterocycles. The van der Waals surface area contributed by atoms with Crippen molar-refractivity contribution >= 4 is 30.1 Å². The van der Waals surface area contributed by atoms with Gasteiger partial charge in [0, 0.05) is 19.5 Å². The SMILES string of the molecule is Cl.NCC(=O)NCC(=O)NCCNC(=O)CC1CCCCC1. The fourth-order valence-electron chi connectivity index (χ4n) is 2.44. The lowest BCUT2D eigenvalue weighted by molar-refractivity contribution is -0.125. The summed E-state index contributed by atoms with van der Waals surface area (Å²) in [6.07, 6.45) is 6.60. The van der Waals surface area contributed by atoms with Gasteiger partial charge >= 0.3 is 0 Å². The minimum atomic E-state index is -0.370. The van der Waals surface area contributed by atoms with Gasteiger partial charge in [0.25, 0.3) is 0 Å². The molecule has 0 bridgehead atoms. The molecule has 5 N–H and O–H groups in total. The average molecular weight is 335 g/mol. The summed E-state index contributed by atoms with van der Waals surface area (Å²) in [5.41, 5.74) is 5.10. The Hall–Kier alpha value is -1.34. The van der Waals surface area contributed by atoms with Gasteiger partial charge in [0.15, 0.2) is 0 Å². The second-order valence-electron chi connectivity index (χ2n) is 5.39. The van der Waals surface area contributed by atoms with Crippen LogP contribution in [0.25, 0.3) is 0 Å². The van der Waals surface area contributed by atoms with Crippen LogP contribution in [0.1, 0.15) is 38.5 Å². The summed E-state index contributed by atoms with van der Waals surface area (Å²) in [5, 5.41) is 7.78. The highest BCUT2D eigenvalue weighted by Gasteiger charge is 2.16. The number of amides is 3. The molecule has 0 radical (unpaired) electrons. The van der Waals surface area contributed by atoms with Gasteiger partial charge in [-0.25, -0.2) is 0 Å². The summed E-state index contributed by atoms with van der Waals surface area (Å²) < 4.78 is 0. The molecular formula is C14H27ClN4O3. The van der Waals surface area contributed by atoms with Crippen LogP contribution in [0, 0.1) is 5.92 Å². The molecule has 0 unspecified atom stereocenters. The van der Waals surface area contributed by atoms with Crippen molar-refractivity contribution in [1.82, 2.24) is 16.0 Å². The third-order valence-electron chi connectivity index (χ3n) is 3.60. The fraction of sp³-hybridized carbons (Fsp3) is 0.786. The molecule has 0 saturated heterocycles. The Morgan fingerprint density at radius 2 is 1.45 bits per heavy atom. The van der Waals surface area contributed by atoms with Gasteiger partial charge in [0.2, 0.25) is 17.7 Å². The van der Waals surface area contributed by atoms with Gasteiger partial charge in [0.1, 0.15) is 0 Å². The quantitative estimate of drug-likeness (QED) is 0.456. The van der Waals surface area contributed by atoms with Crippen molar-refractivity contribution < 1.29 is 14.4 Å². The molecule has 1 rings (SSSR count). The van der Waals surface area contributed by atoms with Crippen molar-refractivity contribution in [1.29, 1.82) is 0 Å². The number of carbonyl (C=O) groups is 3. The minimum Gasteiger partial charge on any atom is -0.354 e. The van der Waals surface area contributed by atoms with E-state index >= 15 is 0 Å². The first-order valence-electron chi connectivity index (χ1n) is 7.62. The summed E-state index contributed by atoms with van der Waals surface area (Å²) in [4.78, 5) is 33.9. The third-order valence-corrected chi connectivity index (χ3v) is 3.60. The lowest BCUT2D eigenvalue weighted by Crippen LogP contribution is -2.42. The molecule has 0 aromatic rings. The van der Waals surface area contributed by atoms with Crippen LogP contribution >= 0.6 is 12.4 Å². The lowest BCUT2D eigenvalue weighted by atomic mass is 9.87. The molecule has 3 amide bonds. The molecule has 1 fully saturated rings. The van der Waals surface area contributed by atoms with Gasteiger partial charge in [-0.15, -0.1) is 12.4 Å². The monoisotopic (exact) mass is 334 g/mol. The Labute approximate surface area is 137 Å². The number of rotatable bonds is 8. The molecule has 8 heteroatoms. The van der Waals surface area contributed by atoms with Gasteiger partial charge in [-0.1, -0.05) is 19.3 Å². The molecule has 0 aromatic carbocycles. The highest BCUT2D eigenvalue weighted by atomic mass is 35.5. The van der Waals surface area contributed by atoms with Crippen LogP contribution in [0.3, 0.4) is 0 Å². The number of nitrogens with two attached hydrogens (primary N) is 1. The second-order valence-corrected chi connectivity index (χ2v) is 5.39. The zero-order chi connectivity index (χ0) is 15.5. The van der Waals surface area contributed by atoms with Crippen molar-refractivity contribution in [3.05, 3.63) is 0 Å². The Kier molecular flexibility index (Phi) is 11.5. The van der Waals surface area contributed by atoms with E-state index in [-0.39, 0.29) is 43.2 Å². The van der Waals surface area contributed by atoms with Crippen molar-refractivity contribution in [2.24, 2.45) is 11.7 Å². The van der Waals surface area contributed by atoms with E-state index < -0.39 is 0 Å². The Morgan fingerprint density at radius 1 is 0.864 bits per heavy atom. The fourth-order valence-corrected chi connectivity index (χ4v) is 2.44. The van der Waals surface area contributed by atoms with Crippen LogP contribution < -0.4 is 21.7 Å². The first-order chi connectivity index (χ1) is 10.1. The molecule has 1 aliphatic rings. The molecule has 22 heavy (non-hydrogen) atoms. The number of hydrogen-bond acceptors (Lipinski definition) is 4. The maximum Gasteiger partial charge on any atom is 0.239 e. The first-order valence-corrected chi connectivity index (χ1v) is 7.62. The van der Waals surface area contributed by atoms with E-state index in [0.717, 1.165) is 12.8 Å². The Balaban J connectivity index is 0.00000441. The summed E-state index contributed by atoms with van der Waals surface area (Å²) in [5.74, 6) is -0.100. The number of halogens is 1. The van der Waals surface area contributed by atoms with Crippen LogP contribution in [0.4, 0.5) is 0 Å². The Morgan fingerprint density at radius 3 is 2.05 bits per heavy atom. The van der Waals surface area contributed by atoms with Crippen LogP contribution in [0.2, 0.25) is 0 Å². The van der Waals surface area contributed by atoms with E-state index in [2.05, 4.69) is 16.0 Å². The van der Waals surface area contributed by atoms with Crippen molar-refractivity contribution in [2.45, 2.75) is 38.5 Å². The average Bonchev–Trinajstić information content (AvgIpc) is 2.50. The molecule has 0 spiro atoms. The summed E-state index contributed by atoms with van der Waals surface area (Å²) >= 11 is 0. The molecule has 128 valence electrons. The van der Waals surface area contributed by atoms with Crippen molar-refractivity contribution in [2.75, 3.05) is 26.2 Å². The van der Waals surface area contributed by atoms with Crippen molar-refractivity contribution in [3.63, 3.8) is 0 Å². The zero-order valence-electron chi connectivity index (χ0n) is 12.9. The molecule has 0 aliphatic heterocycles. The van der Waals surface area contributed by atoms with Crippen LogP contribution in [0.15, 0.2) is 0 Å². The Bertz CT molecular complexity index is 360. The standard InChI is InChI=1S/C14H26N4O3.ClH/c15-9-13(20)18-10-14(21)17-7-6-16-12(19)8-11-4-2-1-3-5-11;/h11H,1-10,15H2,(H,16,19)(H,17,21)(H,18,20);1H. The molecule has 0 aromatic heterocycles. The predicted octanol–water partition coefficient (Wildman–Crippen LogP) is -0.314. The number of carbonyl (C=O) groups excluding carboxylic acids is 3. The van der Waals surface area contributed by atoms with Crippen LogP contribution in [-0.4, -0.2) is 43.9 Å². The number of hydrogen-bond donors (Lipinski definition) is 4. The number of nitrogens with one attached hydrogen (secondary N) is 3. The first kappa shape index (κ1) is 20.7. The normalized spacial score (nSPS) is 14.6. The van der Waals surface area contributed by atoms with Gasteiger partial charge in [-0.3, -0.25) is 14.4 Å². The largest absolute Gasteiger partial charge is 0.354 e. The van der Waals surface area contributed by atoms with Crippen LogP contribution in [-0.2, 0) is 14.4 Å². The van der Waals surface area contributed by atoms with E-state index in [9.17, 15) is 14.4 Å². The minimum absolute atomic E-state index is 0. The topological polar surface area (TPSA) is 113 Å². The van der Waals surface area contributed by atoms with Gasteiger partial charge < -0.3 is 21.7 Å². The predicted molar refractivity (Wildman–Crippen MR) is 86.5 cm³/mol. The zero-order valence-corrected chi connectivity index (χ0v) is 13.7. The van der Waals surface area contributed by atoms with Gasteiger partial charge in [-0.05, 0) is 18.8 Å². The summed E-state index contributed by atoms with van der Waals surface area (Å²) in [6, 6.07) is 0. The molecule has 1 aliphatic carbocycles. The van der Waals surface area contributed by atoms with Crippen LogP contribution in [0.5, 0.6) is 0 Å². The van der Waals surface area contributed by atoms with E-state index in [1.807, 2.05) is 0 Å². The van der Waals surface area contributed by atoms with Gasteiger partial charge in [0.05, 0.1) is 13.1 Å². The molecule has 0 atom stereocenters. The molecule has 1 saturated carbocycles. The van der Waals surface area contributed by atoms with E-state index in [1.165, 1.54) is 19.3 Å². The highest BCUT2D eigenvalue weighted by Crippen LogP contribution is 2.25. The molecular weight excluding hydrogens is 308 g/mol. The summed E-state index contributed by atoms with van der Waals surface area (Å²) in [7, 11) is 0. The maximum absolute atomic E-state index is 11.7. The van der Waals surface area contributed by atoms with E-state index in [0.29, 0.717) is 25.4 Å². The third kappa shape index (κ3) is 9.57. The highest BCUT2D eigenvalue weighted by molar-refractivity contribution is 5.85. The lowest BCUT2D eigenvalue weighted by Gasteiger charge is -2.20. The summed E-state index contributed by atoms with van der Waals surface area (Å²) in [6.45, 7) is 0.534. The maximum atomic E-state index is 11.7. The smallest absolute Gasteiger partial charge is 0.239 e. The second kappa shape index (κ2) is 12.2.